The first kappa shape index (κ1) is 15.3. The van der Waals surface area contributed by atoms with Crippen molar-refractivity contribution < 1.29 is 12.8 Å². The lowest BCUT2D eigenvalue weighted by molar-refractivity contribution is 0.333. The van der Waals surface area contributed by atoms with Gasteiger partial charge in [0.2, 0.25) is 0 Å². The molecule has 0 amide bonds. The molecule has 1 aliphatic rings. The Labute approximate surface area is 130 Å². The van der Waals surface area contributed by atoms with Crippen LogP contribution in [-0.2, 0) is 17.3 Å². The van der Waals surface area contributed by atoms with Gasteiger partial charge in [-0.1, -0.05) is 0 Å². The zero-order chi connectivity index (χ0) is 15.7. The summed E-state index contributed by atoms with van der Waals surface area (Å²) in [4.78, 5) is 0. The molecular weight excluding hydrogens is 304 g/mol. The SMILES string of the molecule is CC(NS(=O)(=O)N1CCCC1c1ccco1)c1cnn(C)c1. The van der Waals surface area contributed by atoms with Gasteiger partial charge in [-0.25, -0.2) is 0 Å². The summed E-state index contributed by atoms with van der Waals surface area (Å²) in [5.41, 5.74) is 0.833. The molecule has 0 spiro atoms. The van der Waals surface area contributed by atoms with Gasteiger partial charge in [-0.2, -0.15) is 22.5 Å². The van der Waals surface area contributed by atoms with Gasteiger partial charge in [0.1, 0.15) is 5.76 Å². The summed E-state index contributed by atoms with van der Waals surface area (Å²) in [6, 6.07) is 3.04. The van der Waals surface area contributed by atoms with Gasteiger partial charge in [0.05, 0.1) is 18.5 Å². The number of nitrogens with zero attached hydrogens (tertiary/aromatic N) is 3. The first-order chi connectivity index (χ1) is 10.5. The largest absolute Gasteiger partial charge is 0.468 e. The maximum atomic E-state index is 12.7. The van der Waals surface area contributed by atoms with Crippen LogP contribution in [0.3, 0.4) is 0 Å². The van der Waals surface area contributed by atoms with E-state index in [1.165, 1.54) is 4.31 Å². The third-order valence-electron chi connectivity index (χ3n) is 3.93. The van der Waals surface area contributed by atoms with Crippen LogP contribution in [0.15, 0.2) is 35.2 Å². The smallest absolute Gasteiger partial charge is 0.280 e. The van der Waals surface area contributed by atoms with E-state index in [4.69, 9.17) is 4.42 Å². The summed E-state index contributed by atoms with van der Waals surface area (Å²) in [5, 5.41) is 4.07. The molecule has 0 radical (unpaired) electrons. The molecule has 0 aliphatic carbocycles. The van der Waals surface area contributed by atoms with Gasteiger partial charge in [-0.15, -0.1) is 0 Å². The van der Waals surface area contributed by atoms with E-state index in [1.807, 2.05) is 13.0 Å². The van der Waals surface area contributed by atoms with E-state index in [1.54, 1.807) is 36.5 Å². The molecule has 1 N–H and O–H groups in total. The third kappa shape index (κ3) is 2.94. The lowest BCUT2D eigenvalue weighted by Gasteiger charge is -2.24. The summed E-state index contributed by atoms with van der Waals surface area (Å²) in [6.45, 7) is 2.31. The van der Waals surface area contributed by atoms with E-state index in [2.05, 4.69) is 9.82 Å². The van der Waals surface area contributed by atoms with Crippen LogP contribution in [0.25, 0.3) is 0 Å². The quantitative estimate of drug-likeness (QED) is 0.908. The van der Waals surface area contributed by atoms with E-state index in [9.17, 15) is 8.42 Å². The Morgan fingerprint density at radius 3 is 2.95 bits per heavy atom. The summed E-state index contributed by atoms with van der Waals surface area (Å²) < 4.78 is 36.6. The van der Waals surface area contributed by atoms with Crippen molar-refractivity contribution in [3.63, 3.8) is 0 Å². The van der Waals surface area contributed by atoms with Crippen LogP contribution in [0.1, 0.15) is 43.2 Å². The lowest BCUT2D eigenvalue weighted by Crippen LogP contribution is -2.41. The lowest BCUT2D eigenvalue weighted by atomic mass is 10.2. The van der Waals surface area contributed by atoms with E-state index in [0.717, 1.165) is 18.4 Å². The maximum absolute atomic E-state index is 12.7. The highest BCUT2D eigenvalue weighted by Crippen LogP contribution is 2.34. The van der Waals surface area contributed by atoms with Gasteiger partial charge in [0, 0.05) is 31.4 Å². The van der Waals surface area contributed by atoms with Gasteiger partial charge in [-0.05, 0) is 31.9 Å². The molecule has 1 fully saturated rings. The molecule has 1 aliphatic heterocycles. The van der Waals surface area contributed by atoms with Crippen LogP contribution in [-0.4, -0.2) is 29.0 Å². The predicted octanol–water partition coefficient (Wildman–Crippen LogP) is 1.75. The van der Waals surface area contributed by atoms with E-state index >= 15 is 0 Å². The Morgan fingerprint density at radius 2 is 2.32 bits per heavy atom. The monoisotopic (exact) mass is 324 g/mol. The molecule has 3 rings (SSSR count). The zero-order valence-corrected chi connectivity index (χ0v) is 13.5. The molecule has 0 aromatic carbocycles. The minimum absolute atomic E-state index is 0.228. The molecule has 8 heteroatoms. The molecular formula is C14H20N4O3S. The highest BCUT2D eigenvalue weighted by atomic mass is 32.2. The Morgan fingerprint density at radius 1 is 1.50 bits per heavy atom. The van der Waals surface area contributed by atoms with Gasteiger partial charge < -0.3 is 4.42 Å². The fraction of sp³-hybridized carbons (Fsp3) is 0.500. The number of rotatable bonds is 5. The normalized spacial score (nSPS) is 21.3. The fourth-order valence-electron chi connectivity index (χ4n) is 2.82. The molecule has 120 valence electrons. The maximum Gasteiger partial charge on any atom is 0.280 e. The predicted molar refractivity (Wildman–Crippen MR) is 81.1 cm³/mol. The highest BCUT2D eigenvalue weighted by molar-refractivity contribution is 7.87. The van der Waals surface area contributed by atoms with E-state index in [0.29, 0.717) is 12.3 Å². The molecule has 2 aromatic heterocycles. The number of hydrogen-bond donors (Lipinski definition) is 1. The summed E-state index contributed by atoms with van der Waals surface area (Å²) >= 11 is 0. The number of hydrogen-bond acceptors (Lipinski definition) is 4. The zero-order valence-electron chi connectivity index (χ0n) is 12.6. The van der Waals surface area contributed by atoms with Gasteiger partial charge in [0.25, 0.3) is 10.2 Å². The second kappa shape index (κ2) is 5.86. The van der Waals surface area contributed by atoms with E-state index < -0.39 is 10.2 Å². The number of aromatic nitrogens is 2. The number of aryl methyl sites for hydroxylation is 1. The van der Waals surface area contributed by atoms with Crippen molar-refractivity contribution >= 4 is 10.2 Å². The molecule has 2 aromatic rings. The summed E-state index contributed by atoms with van der Waals surface area (Å²) in [5.74, 6) is 0.692. The second-order valence-electron chi connectivity index (χ2n) is 5.58. The molecule has 2 atom stereocenters. The van der Waals surface area contributed by atoms with Crippen molar-refractivity contribution in [2.24, 2.45) is 7.05 Å². The van der Waals surface area contributed by atoms with Crippen molar-refractivity contribution in [3.05, 3.63) is 42.1 Å². The van der Waals surface area contributed by atoms with Crippen LogP contribution in [0.4, 0.5) is 0 Å². The van der Waals surface area contributed by atoms with Crippen molar-refractivity contribution in [1.29, 1.82) is 0 Å². The topological polar surface area (TPSA) is 80.4 Å². The molecule has 0 saturated carbocycles. The Kier molecular flexibility index (Phi) is 4.07. The first-order valence-electron chi connectivity index (χ1n) is 7.28. The molecule has 7 nitrogen and oxygen atoms in total. The molecule has 3 heterocycles. The molecule has 22 heavy (non-hydrogen) atoms. The minimum Gasteiger partial charge on any atom is -0.468 e. The second-order valence-corrected chi connectivity index (χ2v) is 7.23. The average Bonchev–Trinajstić information content (AvgIpc) is 3.19. The third-order valence-corrected chi connectivity index (χ3v) is 5.64. The van der Waals surface area contributed by atoms with Crippen molar-refractivity contribution in [1.82, 2.24) is 18.8 Å². The molecule has 1 saturated heterocycles. The van der Waals surface area contributed by atoms with Crippen molar-refractivity contribution in [2.45, 2.75) is 31.8 Å². The average molecular weight is 324 g/mol. The molecule has 2 unspecified atom stereocenters. The Hall–Kier alpha value is -1.64. The van der Waals surface area contributed by atoms with Gasteiger partial charge in [-0.3, -0.25) is 4.68 Å². The summed E-state index contributed by atoms with van der Waals surface area (Å²) in [7, 11) is -1.78. The number of nitrogens with one attached hydrogen (secondary N) is 1. The first-order valence-corrected chi connectivity index (χ1v) is 8.72. The van der Waals surface area contributed by atoms with Gasteiger partial charge in [0.15, 0.2) is 0 Å². The van der Waals surface area contributed by atoms with Crippen molar-refractivity contribution in [3.8, 4) is 0 Å². The molecule has 0 bridgehead atoms. The highest BCUT2D eigenvalue weighted by Gasteiger charge is 2.37. The van der Waals surface area contributed by atoms with Crippen LogP contribution in [0.2, 0.25) is 0 Å². The van der Waals surface area contributed by atoms with Gasteiger partial charge >= 0.3 is 0 Å². The van der Waals surface area contributed by atoms with E-state index in [-0.39, 0.29) is 12.1 Å². The van der Waals surface area contributed by atoms with Crippen molar-refractivity contribution in [2.75, 3.05) is 6.54 Å². The standard InChI is InChI=1S/C14H20N4O3S/c1-11(12-9-15-17(2)10-12)16-22(19,20)18-7-3-5-13(18)14-6-4-8-21-14/h4,6,8-11,13,16H,3,5,7H2,1-2H3. The fourth-order valence-corrected chi connectivity index (χ4v) is 4.45. The van der Waals surface area contributed by atoms with Crippen LogP contribution in [0.5, 0.6) is 0 Å². The van der Waals surface area contributed by atoms with Crippen LogP contribution >= 0.6 is 0 Å². The number of furan rings is 1. The Bertz CT molecular complexity index is 723. The van der Waals surface area contributed by atoms with Crippen LogP contribution < -0.4 is 4.72 Å². The van der Waals surface area contributed by atoms with Crippen LogP contribution in [0, 0.1) is 0 Å². The summed E-state index contributed by atoms with van der Waals surface area (Å²) in [6.07, 6.45) is 6.65. The minimum atomic E-state index is -3.59. The Balaban J connectivity index is 1.77.